The fourth-order valence-corrected chi connectivity index (χ4v) is 1.50. The molecule has 0 amide bonds. The van der Waals surface area contributed by atoms with Crippen LogP contribution in [0.2, 0.25) is 0 Å². The second-order valence-corrected chi connectivity index (χ2v) is 3.39. The third-order valence-corrected chi connectivity index (χ3v) is 2.37. The van der Waals surface area contributed by atoms with Gasteiger partial charge in [-0.1, -0.05) is 25.1 Å². The van der Waals surface area contributed by atoms with Gasteiger partial charge in [0.2, 0.25) is 0 Å². The van der Waals surface area contributed by atoms with Crippen LogP contribution >= 0.6 is 0 Å². The summed E-state index contributed by atoms with van der Waals surface area (Å²) in [6, 6.07) is 10.3. The number of hydrogen-bond donors (Lipinski definition) is 0. The zero-order valence-corrected chi connectivity index (χ0v) is 8.57. The van der Waals surface area contributed by atoms with Crippen molar-refractivity contribution in [3.8, 4) is 5.69 Å². The van der Waals surface area contributed by atoms with Gasteiger partial charge in [0.25, 0.3) is 0 Å². The summed E-state index contributed by atoms with van der Waals surface area (Å²) in [6.07, 6.45) is 3.00. The second kappa shape index (κ2) is 3.66. The molecule has 2 aromatic rings. The van der Waals surface area contributed by atoms with E-state index in [0.717, 1.165) is 17.8 Å². The molecule has 2 nitrogen and oxygen atoms in total. The van der Waals surface area contributed by atoms with Crippen LogP contribution in [0.1, 0.15) is 18.2 Å². The minimum absolute atomic E-state index is 0.985. The zero-order valence-electron chi connectivity index (χ0n) is 8.57. The van der Waals surface area contributed by atoms with Crippen LogP contribution in [-0.2, 0) is 6.42 Å². The molecule has 72 valence electrons. The number of hydrogen-bond acceptors (Lipinski definition) is 1. The molecular formula is C12H14N2. The van der Waals surface area contributed by atoms with Crippen LogP contribution in [-0.4, -0.2) is 9.78 Å². The van der Waals surface area contributed by atoms with Crippen LogP contribution in [0.15, 0.2) is 36.5 Å². The van der Waals surface area contributed by atoms with E-state index >= 15 is 0 Å². The molecule has 0 saturated carbocycles. The number of aromatic nitrogens is 2. The van der Waals surface area contributed by atoms with Crippen molar-refractivity contribution >= 4 is 0 Å². The minimum Gasteiger partial charge on any atom is -0.240 e. The first-order chi connectivity index (χ1) is 6.81. The quantitative estimate of drug-likeness (QED) is 0.705. The Morgan fingerprint density at radius 2 is 2.00 bits per heavy atom. The van der Waals surface area contributed by atoms with Crippen LogP contribution in [0.25, 0.3) is 5.69 Å². The van der Waals surface area contributed by atoms with E-state index in [-0.39, 0.29) is 0 Å². The van der Waals surface area contributed by atoms with E-state index in [4.69, 9.17) is 0 Å². The smallest absolute Gasteiger partial charge is 0.0674 e. The highest BCUT2D eigenvalue weighted by Gasteiger charge is 2.01. The maximum Gasteiger partial charge on any atom is 0.0674 e. The predicted molar refractivity (Wildman–Crippen MR) is 57.7 cm³/mol. The topological polar surface area (TPSA) is 17.8 Å². The second-order valence-electron chi connectivity index (χ2n) is 3.39. The molecule has 0 aliphatic rings. The number of aryl methyl sites for hydroxylation is 2. The Bertz CT molecular complexity index is 429. The lowest BCUT2D eigenvalue weighted by molar-refractivity contribution is 0.836. The summed E-state index contributed by atoms with van der Waals surface area (Å²) >= 11 is 0. The Morgan fingerprint density at radius 1 is 1.21 bits per heavy atom. The van der Waals surface area contributed by atoms with Gasteiger partial charge in [0.05, 0.1) is 11.4 Å². The average molecular weight is 186 g/mol. The predicted octanol–water partition coefficient (Wildman–Crippen LogP) is 2.74. The van der Waals surface area contributed by atoms with Crippen molar-refractivity contribution in [2.45, 2.75) is 20.3 Å². The molecule has 1 aromatic carbocycles. The first-order valence-corrected chi connectivity index (χ1v) is 4.92. The highest BCUT2D eigenvalue weighted by Crippen LogP contribution is 2.12. The molecular weight excluding hydrogens is 172 g/mol. The first-order valence-electron chi connectivity index (χ1n) is 4.92. The van der Waals surface area contributed by atoms with Gasteiger partial charge in [-0.05, 0) is 31.0 Å². The SMILES string of the molecule is CCc1ccn(-c2ccccc2C)n1. The molecule has 14 heavy (non-hydrogen) atoms. The Kier molecular flexibility index (Phi) is 2.35. The highest BCUT2D eigenvalue weighted by atomic mass is 15.3. The molecule has 0 fully saturated rings. The molecule has 1 aromatic heterocycles. The molecule has 0 bridgehead atoms. The summed E-state index contributed by atoms with van der Waals surface area (Å²) in [7, 11) is 0. The standard InChI is InChI=1S/C12H14N2/c1-3-11-8-9-14(13-11)12-7-5-4-6-10(12)2/h4-9H,3H2,1-2H3. The van der Waals surface area contributed by atoms with Crippen molar-refractivity contribution in [3.63, 3.8) is 0 Å². The summed E-state index contributed by atoms with van der Waals surface area (Å²) in [5.41, 5.74) is 3.54. The third kappa shape index (κ3) is 1.55. The molecule has 0 spiro atoms. The van der Waals surface area contributed by atoms with E-state index < -0.39 is 0 Å². The van der Waals surface area contributed by atoms with E-state index in [0.29, 0.717) is 0 Å². The maximum absolute atomic E-state index is 4.48. The van der Waals surface area contributed by atoms with Crippen molar-refractivity contribution in [1.82, 2.24) is 9.78 Å². The molecule has 1 heterocycles. The largest absolute Gasteiger partial charge is 0.240 e. The van der Waals surface area contributed by atoms with Crippen LogP contribution in [0.3, 0.4) is 0 Å². The van der Waals surface area contributed by atoms with Crippen molar-refractivity contribution in [3.05, 3.63) is 47.8 Å². The molecule has 0 radical (unpaired) electrons. The van der Waals surface area contributed by atoms with Crippen molar-refractivity contribution < 1.29 is 0 Å². The van der Waals surface area contributed by atoms with Crippen molar-refractivity contribution in [1.29, 1.82) is 0 Å². The van der Waals surface area contributed by atoms with Gasteiger partial charge in [0, 0.05) is 6.20 Å². The van der Waals surface area contributed by atoms with Crippen LogP contribution < -0.4 is 0 Å². The lowest BCUT2D eigenvalue weighted by Gasteiger charge is -2.04. The van der Waals surface area contributed by atoms with Gasteiger partial charge in [0.15, 0.2) is 0 Å². The summed E-state index contributed by atoms with van der Waals surface area (Å²) in [4.78, 5) is 0. The molecule has 0 aliphatic heterocycles. The Morgan fingerprint density at radius 3 is 2.64 bits per heavy atom. The van der Waals surface area contributed by atoms with Crippen LogP contribution in [0.5, 0.6) is 0 Å². The summed E-state index contributed by atoms with van der Waals surface area (Å²) in [5.74, 6) is 0. The van der Waals surface area contributed by atoms with E-state index in [2.05, 4.69) is 37.1 Å². The Balaban J connectivity index is 2.44. The number of para-hydroxylation sites is 1. The van der Waals surface area contributed by atoms with Gasteiger partial charge in [-0.25, -0.2) is 4.68 Å². The summed E-state index contributed by atoms with van der Waals surface area (Å²) < 4.78 is 1.94. The lowest BCUT2D eigenvalue weighted by atomic mass is 10.2. The minimum atomic E-state index is 0.985. The number of benzene rings is 1. The zero-order chi connectivity index (χ0) is 9.97. The molecule has 2 heteroatoms. The van der Waals surface area contributed by atoms with Gasteiger partial charge < -0.3 is 0 Å². The van der Waals surface area contributed by atoms with E-state index in [1.54, 1.807) is 0 Å². The fraction of sp³-hybridized carbons (Fsp3) is 0.250. The number of nitrogens with zero attached hydrogens (tertiary/aromatic N) is 2. The van der Waals surface area contributed by atoms with Crippen molar-refractivity contribution in [2.24, 2.45) is 0 Å². The molecule has 0 N–H and O–H groups in total. The monoisotopic (exact) mass is 186 g/mol. The lowest BCUT2D eigenvalue weighted by Crippen LogP contribution is -1.97. The Labute approximate surface area is 84.2 Å². The van der Waals surface area contributed by atoms with Gasteiger partial charge >= 0.3 is 0 Å². The molecule has 2 rings (SSSR count). The van der Waals surface area contributed by atoms with Crippen LogP contribution in [0.4, 0.5) is 0 Å². The molecule has 0 aliphatic carbocycles. The molecule has 0 unspecified atom stereocenters. The van der Waals surface area contributed by atoms with Gasteiger partial charge in [0.1, 0.15) is 0 Å². The summed E-state index contributed by atoms with van der Waals surface area (Å²) in [6.45, 7) is 4.22. The normalized spacial score (nSPS) is 10.4. The Hall–Kier alpha value is -1.57. The van der Waals surface area contributed by atoms with Gasteiger partial charge in [-0.3, -0.25) is 0 Å². The van der Waals surface area contributed by atoms with E-state index in [9.17, 15) is 0 Å². The summed E-state index contributed by atoms with van der Waals surface area (Å²) in [5, 5.41) is 4.48. The van der Waals surface area contributed by atoms with Crippen LogP contribution in [0, 0.1) is 6.92 Å². The van der Waals surface area contributed by atoms with Gasteiger partial charge in [-0.2, -0.15) is 5.10 Å². The van der Waals surface area contributed by atoms with E-state index in [1.807, 2.05) is 23.0 Å². The van der Waals surface area contributed by atoms with E-state index in [1.165, 1.54) is 5.56 Å². The first kappa shape index (κ1) is 9.00. The van der Waals surface area contributed by atoms with Crippen molar-refractivity contribution in [2.75, 3.05) is 0 Å². The maximum atomic E-state index is 4.48. The fourth-order valence-electron chi connectivity index (χ4n) is 1.50. The molecule has 0 saturated heterocycles. The third-order valence-electron chi connectivity index (χ3n) is 2.37. The number of rotatable bonds is 2. The van der Waals surface area contributed by atoms with Gasteiger partial charge in [-0.15, -0.1) is 0 Å². The molecule has 0 atom stereocenters. The highest BCUT2D eigenvalue weighted by molar-refractivity contribution is 5.39. The average Bonchev–Trinajstić information content (AvgIpc) is 2.67.